The second kappa shape index (κ2) is 4.78. The molecule has 2 heterocycles. The Hall–Kier alpha value is -1.88. The standard InChI is InChI=1S/C13H10BrN3O/c14-10-5-1-2-6-11(10)18-9-12-15-13-7-3-4-8-17(13)16-12/h1-8H,9H2. The second-order valence-corrected chi connectivity index (χ2v) is 4.60. The van der Waals surface area contributed by atoms with Gasteiger partial charge in [0.1, 0.15) is 12.4 Å². The van der Waals surface area contributed by atoms with E-state index in [-0.39, 0.29) is 0 Å². The molecule has 0 atom stereocenters. The molecule has 2 aromatic heterocycles. The molecule has 0 aliphatic carbocycles. The van der Waals surface area contributed by atoms with Gasteiger partial charge >= 0.3 is 0 Å². The number of pyridine rings is 1. The fraction of sp³-hybridized carbons (Fsp3) is 0.0769. The number of para-hydroxylation sites is 1. The normalized spacial score (nSPS) is 10.7. The van der Waals surface area contributed by atoms with Crippen LogP contribution in [0.3, 0.4) is 0 Å². The Kier molecular flexibility index (Phi) is 2.98. The van der Waals surface area contributed by atoms with Gasteiger partial charge in [-0.25, -0.2) is 9.50 Å². The van der Waals surface area contributed by atoms with Crippen molar-refractivity contribution in [1.29, 1.82) is 0 Å². The number of hydrogen-bond donors (Lipinski definition) is 0. The number of nitrogens with zero attached hydrogens (tertiary/aromatic N) is 3. The summed E-state index contributed by atoms with van der Waals surface area (Å²) in [6.45, 7) is 0.351. The Balaban J connectivity index is 1.79. The SMILES string of the molecule is Brc1ccccc1OCc1nc2ccccn2n1. The summed E-state index contributed by atoms with van der Waals surface area (Å²) >= 11 is 3.43. The van der Waals surface area contributed by atoms with Gasteiger partial charge in [0, 0.05) is 6.20 Å². The molecule has 0 saturated heterocycles. The molecule has 18 heavy (non-hydrogen) atoms. The van der Waals surface area contributed by atoms with Crippen molar-refractivity contribution >= 4 is 21.6 Å². The lowest BCUT2D eigenvalue weighted by Gasteiger charge is -2.04. The van der Waals surface area contributed by atoms with Gasteiger partial charge < -0.3 is 4.74 Å². The van der Waals surface area contributed by atoms with Crippen LogP contribution in [0.1, 0.15) is 5.82 Å². The van der Waals surface area contributed by atoms with Crippen LogP contribution in [-0.2, 0) is 6.61 Å². The molecular weight excluding hydrogens is 294 g/mol. The van der Waals surface area contributed by atoms with Gasteiger partial charge in [-0.2, -0.15) is 0 Å². The minimum absolute atomic E-state index is 0.351. The zero-order chi connectivity index (χ0) is 12.4. The number of aromatic nitrogens is 3. The van der Waals surface area contributed by atoms with Gasteiger partial charge in [0.15, 0.2) is 11.5 Å². The van der Waals surface area contributed by atoms with E-state index in [1.807, 2.05) is 48.7 Å². The zero-order valence-electron chi connectivity index (χ0n) is 9.45. The molecule has 0 N–H and O–H groups in total. The highest BCUT2D eigenvalue weighted by molar-refractivity contribution is 9.10. The Labute approximate surface area is 112 Å². The summed E-state index contributed by atoms with van der Waals surface area (Å²) < 4.78 is 8.33. The highest BCUT2D eigenvalue weighted by Crippen LogP contribution is 2.24. The zero-order valence-corrected chi connectivity index (χ0v) is 11.0. The average molecular weight is 304 g/mol. The first-order valence-electron chi connectivity index (χ1n) is 5.50. The lowest BCUT2D eigenvalue weighted by molar-refractivity contribution is 0.294. The molecule has 0 saturated carbocycles. The monoisotopic (exact) mass is 303 g/mol. The van der Waals surface area contributed by atoms with Gasteiger partial charge in [-0.3, -0.25) is 0 Å². The van der Waals surface area contributed by atoms with Crippen LogP contribution in [0.25, 0.3) is 5.65 Å². The Bertz CT molecular complexity index is 648. The number of halogens is 1. The summed E-state index contributed by atoms with van der Waals surface area (Å²) in [6, 6.07) is 13.5. The van der Waals surface area contributed by atoms with Gasteiger partial charge in [-0.1, -0.05) is 18.2 Å². The molecule has 0 radical (unpaired) electrons. The predicted molar refractivity (Wildman–Crippen MR) is 71.5 cm³/mol. The van der Waals surface area contributed by atoms with Crippen LogP contribution in [0, 0.1) is 0 Å². The van der Waals surface area contributed by atoms with Crippen LogP contribution in [0.2, 0.25) is 0 Å². The maximum Gasteiger partial charge on any atom is 0.189 e. The van der Waals surface area contributed by atoms with E-state index in [1.54, 1.807) is 4.52 Å². The summed E-state index contributed by atoms with van der Waals surface area (Å²) in [4.78, 5) is 4.37. The van der Waals surface area contributed by atoms with Gasteiger partial charge in [0.2, 0.25) is 0 Å². The van der Waals surface area contributed by atoms with Crippen LogP contribution in [0.5, 0.6) is 5.75 Å². The first-order chi connectivity index (χ1) is 8.83. The fourth-order valence-electron chi connectivity index (χ4n) is 1.64. The van der Waals surface area contributed by atoms with Crippen molar-refractivity contribution in [3.8, 4) is 5.75 Å². The van der Waals surface area contributed by atoms with Crippen LogP contribution < -0.4 is 4.74 Å². The molecule has 0 fully saturated rings. The van der Waals surface area contributed by atoms with Crippen LogP contribution in [-0.4, -0.2) is 14.6 Å². The summed E-state index contributed by atoms with van der Waals surface area (Å²) in [7, 11) is 0. The molecule has 0 aliphatic heterocycles. The third kappa shape index (κ3) is 2.22. The molecule has 0 aliphatic rings. The summed E-state index contributed by atoms with van der Waals surface area (Å²) in [6.07, 6.45) is 1.87. The molecule has 0 unspecified atom stereocenters. The van der Waals surface area contributed by atoms with E-state index in [2.05, 4.69) is 26.0 Å². The quantitative estimate of drug-likeness (QED) is 0.746. The van der Waals surface area contributed by atoms with Gasteiger partial charge in [-0.15, -0.1) is 5.10 Å². The number of ether oxygens (including phenoxy) is 1. The Morgan fingerprint density at radius 2 is 1.94 bits per heavy atom. The number of hydrogen-bond acceptors (Lipinski definition) is 3. The average Bonchev–Trinajstić information content (AvgIpc) is 2.80. The molecule has 4 nitrogen and oxygen atoms in total. The highest BCUT2D eigenvalue weighted by atomic mass is 79.9. The third-order valence-electron chi connectivity index (χ3n) is 2.48. The largest absolute Gasteiger partial charge is 0.484 e. The Morgan fingerprint density at radius 1 is 1.11 bits per heavy atom. The van der Waals surface area contributed by atoms with Crippen LogP contribution in [0.15, 0.2) is 53.1 Å². The predicted octanol–water partition coefficient (Wildman–Crippen LogP) is 3.07. The van der Waals surface area contributed by atoms with E-state index in [0.29, 0.717) is 12.4 Å². The van der Waals surface area contributed by atoms with Crippen molar-refractivity contribution in [2.24, 2.45) is 0 Å². The van der Waals surface area contributed by atoms with Crippen LogP contribution in [0.4, 0.5) is 0 Å². The molecule has 1 aromatic carbocycles. The van der Waals surface area contributed by atoms with E-state index in [0.717, 1.165) is 15.9 Å². The molecular formula is C13H10BrN3O. The summed E-state index contributed by atoms with van der Waals surface area (Å²) in [5.74, 6) is 1.45. The van der Waals surface area contributed by atoms with Crippen LogP contribution >= 0.6 is 15.9 Å². The van der Waals surface area contributed by atoms with E-state index < -0.39 is 0 Å². The fourth-order valence-corrected chi connectivity index (χ4v) is 2.04. The van der Waals surface area contributed by atoms with Crippen molar-refractivity contribution in [3.63, 3.8) is 0 Å². The van der Waals surface area contributed by atoms with Gasteiger partial charge in [-0.05, 0) is 40.2 Å². The molecule has 0 bridgehead atoms. The van der Waals surface area contributed by atoms with E-state index in [9.17, 15) is 0 Å². The first kappa shape index (κ1) is 11.2. The van der Waals surface area contributed by atoms with Gasteiger partial charge in [0.25, 0.3) is 0 Å². The number of rotatable bonds is 3. The molecule has 5 heteroatoms. The lowest BCUT2D eigenvalue weighted by atomic mass is 10.3. The first-order valence-corrected chi connectivity index (χ1v) is 6.30. The van der Waals surface area contributed by atoms with Crippen molar-refractivity contribution < 1.29 is 4.74 Å². The molecule has 90 valence electrons. The lowest BCUT2D eigenvalue weighted by Crippen LogP contribution is -1.98. The summed E-state index contributed by atoms with van der Waals surface area (Å²) in [5, 5.41) is 4.32. The third-order valence-corrected chi connectivity index (χ3v) is 3.13. The van der Waals surface area contributed by atoms with Gasteiger partial charge in [0.05, 0.1) is 4.47 Å². The second-order valence-electron chi connectivity index (χ2n) is 3.75. The highest BCUT2D eigenvalue weighted by Gasteiger charge is 2.05. The maximum atomic E-state index is 5.67. The van der Waals surface area contributed by atoms with Crippen molar-refractivity contribution in [2.75, 3.05) is 0 Å². The number of fused-ring (bicyclic) bond motifs is 1. The molecule has 3 rings (SSSR count). The minimum atomic E-state index is 0.351. The molecule has 0 amide bonds. The van der Waals surface area contributed by atoms with Crippen molar-refractivity contribution in [3.05, 3.63) is 59.0 Å². The van der Waals surface area contributed by atoms with E-state index in [1.165, 1.54) is 0 Å². The van der Waals surface area contributed by atoms with Crippen molar-refractivity contribution in [2.45, 2.75) is 6.61 Å². The minimum Gasteiger partial charge on any atom is -0.484 e. The Morgan fingerprint density at radius 3 is 2.78 bits per heavy atom. The molecule has 3 aromatic rings. The molecule has 0 spiro atoms. The van der Waals surface area contributed by atoms with Crippen molar-refractivity contribution in [1.82, 2.24) is 14.6 Å². The van der Waals surface area contributed by atoms with E-state index in [4.69, 9.17) is 4.74 Å². The smallest absolute Gasteiger partial charge is 0.189 e. The summed E-state index contributed by atoms with van der Waals surface area (Å²) in [5.41, 5.74) is 0.822. The number of benzene rings is 1. The topological polar surface area (TPSA) is 39.4 Å². The maximum absolute atomic E-state index is 5.67. The van der Waals surface area contributed by atoms with E-state index >= 15 is 0 Å².